The molecule has 0 unspecified atom stereocenters. The molecule has 1 fully saturated rings. The minimum atomic E-state index is -4.53. The fraction of sp³-hybridized carbons (Fsp3) is 0.304. The SMILES string of the molecule is CC1(F)CN(Cc2cccc(F)c2CNc2cc(F)c(S(=O)(=O)NC3=NCC=C3)c(F)c2)C1.O=CO. The number of halogens is 4. The van der Waals surface area contributed by atoms with Crippen LogP contribution in [0.15, 0.2) is 52.4 Å². The van der Waals surface area contributed by atoms with Crippen molar-refractivity contribution in [2.75, 3.05) is 25.0 Å². The van der Waals surface area contributed by atoms with Gasteiger partial charge in [-0.15, -0.1) is 0 Å². The summed E-state index contributed by atoms with van der Waals surface area (Å²) in [5.74, 6) is -3.13. The van der Waals surface area contributed by atoms with Crippen LogP contribution in [0.3, 0.4) is 0 Å². The first-order valence-electron chi connectivity index (χ1n) is 10.7. The van der Waals surface area contributed by atoms with Gasteiger partial charge in [-0.3, -0.25) is 19.4 Å². The van der Waals surface area contributed by atoms with Crippen molar-refractivity contribution in [2.45, 2.75) is 30.6 Å². The number of aliphatic imine (C=N–C) groups is 1. The van der Waals surface area contributed by atoms with Gasteiger partial charge in [-0.05, 0) is 36.8 Å². The molecule has 0 bridgehead atoms. The van der Waals surface area contributed by atoms with Crippen LogP contribution in [0.2, 0.25) is 0 Å². The van der Waals surface area contributed by atoms with E-state index in [-0.39, 0.29) is 49.7 Å². The van der Waals surface area contributed by atoms with Crippen LogP contribution in [0, 0.1) is 17.5 Å². The van der Waals surface area contributed by atoms with Gasteiger partial charge in [0.15, 0.2) is 4.90 Å². The largest absolute Gasteiger partial charge is 0.483 e. The number of carbonyl (C=O) groups is 1. The molecule has 36 heavy (non-hydrogen) atoms. The minimum Gasteiger partial charge on any atom is -0.483 e. The number of sulfonamides is 1. The van der Waals surface area contributed by atoms with Crippen LogP contribution in [-0.2, 0) is 27.9 Å². The monoisotopic (exact) mass is 528 g/mol. The Morgan fingerprint density at radius 1 is 1.17 bits per heavy atom. The average Bonchev–Trinajstić information content (AvgIpc) is 3.24. The van der Waals surface area contributed by atoms with Gasteiger partial charge in [0.05, 0.1) is 6.54 Å². The fourth-order valence-corrected chi connectivity index (χ4v) is 5.06. The minimum absolute atomic E-state index is 0.0154. The lowest BCUT2D eigenvalue weighted by molar-refractivity contribution is -0.122. The van der Waals surface area contributed by atoms with Crippen LogP contribution in [0.1, 0.15) is 18.1 Å². The van der Waals surface area contributed by atoms with E-state index in [4.69, 9.17) is 9.90 Å². The summed E-state index contributed by atoms with van der Waals surface area (Å²) in [5, 5.41) is 9.63. The van der Waals surface area contributed by atoms with Gasteiger partial charge in [-0.25, -0.2) is 26.0 Å². The first-order chi connectivity index (χ1) is 17.0. The molecule has 0 radical (unpaired) electrons. The summed E-state index contributed by atoms with van der Waals surface area (Å²) < 4.78 is 84.2. The summed E-state index contributed by atoms with van der Waals surface area (Å²) in [5.41, 5.74) is -0.433. The quantitative estimate of drug-likeness (QED) is 0.376. The lowest BCUT2D eigenvalue weighted by atomic mass is 9.97. The van der Waals surface area contributed by atoms with Crippen LogP contribution in [0.25, 0.3) is 0 Å². The highest BCUT2D eigenvalue weighted by Gasteiger charge is 2.38. The molecule has 2 aromatic carbocycles. The zero-order valence-corrected chi connectivity index (χ0v) is 20.0. The van der Waals surface area contributed by atoms with E-state index in [1.807, 2.05) is 9.62 Å². The number of likely N-dealkylation sites (tertiary alicyclic amines) is 1. The first kappa shape index (κ1) is 27.1. The maximum Gasteiger partial charge on any atom is 0.290 e. The van der Waals surface area contributed by atoms with Crippen molar-refractivity contribution >= 4 is 28.0 Å². The number of hydrogen-bond acceptors (Lipinski definition) is 6. The molecule has 0 aliphatic carbocycles. The summed E-state index contributed by atoms with van der Waals surface area (Å²) >= 11 is 0. The summed E-state index contributed by atoms with van der Waals surface area (Å²) in [7, 11) is -4.53. The molecule has 194 valence electrons. The van der Waals surface area contributed by atoms with E-state index in [0.717, 1.165) is 12.1 Å². The normalized spacial score (nSPS) is 16.4. The molecule has 2 aliphatic heterocycles. The maximum absolute atomic E-state index is 14.6. The molecular formula is C23H24F4N4O4S. The summed E-state index contributed by atoms with van der Waals surface area (Å²) in [4.78, 5) is 12.9. The average molecular weight is 529 g/mol. The van der Waals surface area contributed by atoms with Crippen molar-refractivity contribution in [2.24, 2.45) is 4.99 Å². The number of carboxylic acid groups (broad SMARTS) is 1. The first-order valence-corrected chi connectivity index (χ1v) is 12.2. The van der Waals surface area contributed by atoms with E-state index in [1.165, 1.54) is 19.1 Å². The zero-order valence-electron chi connectivity index (χ0n) is 19.1. The van der Waals surface area contributed by atoms with Crippen molar-refractivity contribution in [3.63, 3.8) is 0 Å². The van der Waals surface area contributed by atoms with Crippen LogP contribution >= 0.6 is 0 Å². The number of alkyl halides is 1. The highest BCUT2D eigenvalue weighted by molar-refractivity contribution is 7.90. The molecule has 0 saturated carbocycles. The molecule has 3 N–H and O–H groups in total. The molecule has 0 amide bonds. The van der Waals surface area contributed by atoms with Gasteiger partial charge in [0, 0.05) is 37.4 Å². The fourth-order valence-electron chi connectivity index (χ4n) is 3.92. The predicted molar refractivity (Wildman–Crippen MR) is 125 cm³/mol. The maximum atomic E-state index is 14.6. The Balaban J connectivity index is 0.00000115. The second kappa shape index (κ2) is 11.1. The zero-order chi connectivity index (χ0) is 26.5. The molecule has 1 saturated heterocycles. The number of nitrogens with one attached hydrogen (secondary N) is 2. The molecular weight excluding hydrogens is 504 g/mol. The lowest BCUT2D eigenvalue weighted by Gasteiger charge is -2.42. The molecule has 13 heteroatoms. The molecule has 2 aliphatic rings. The van der Waals surface area contributed by atoms with Crippen LogP contribution < -0.4 is 10.0 Å². The van der Waals surface area contributed by atoms with Crippen LogP contribution in [-0.4, -0.2) is 56.0 Å². The predicted octanol–water partition coefficient (Wildman–Crippen LogP) is 3.21. The van der Waals surface area contributed by atoms with Crippen molar-refractivity contribution in [3.05, 3.63) is 71.1 Å². The molecule has 4 rings (SSSR count). The standard InChI is InChI=1S/C22H22F4N4O2S.CH2O2/c1-22(26)12-30(13-22)11-14-4-2-5-17(23)16(14)10-28-15-8-18(24)21(19(25)9-15)33(31,32)29-20-6-3-7-27-20;2-1-3/h2-6,8-9,28H,7,10-13H2,1H3,(H,27,29);1H,(H,2,3). The Bertz CT molecular complexity index is 1270. The van der Waals surface area contributed by atoms with Gasteiger partial charge < -0.3 is 10.4 Å². The van der Waals surface area contributed by atoms with E-state index in [2.05, 4.69) is 10.3 Å². The second-order valence-electron chi connectivity index (χ2n) is 8.40. The smallest absolute Gasteiger partial charge is 0.290 e. The van der Waals surface area contributed by atoms with Crippen LogP contribution in [0.5, 0.6) is 0 Å². The van der Waals surface area contributed by atoms with E-state index in [1.54, 1.807) is 18.2 Å². The molecule has 0 atom stereocenters. The van der Waals surface area contributed by atoms with Crippen molar-refractivity contribution in [1.29, 1.82) is 0 Å². The Kier molecular flexibility index (Phi) is 8.35. The third-order valence-corrected chi connectivity index (χ3v) is 6.74. The van der Waals surface area contributed by atoms with Crippen LogP contribution in [0.4, 0.5) is 23.2 Å². The third kappa shape index (κ3) is 6.61. The van der Waals surface area contributed by atoms with Gasteiger partial charge in [-0.1, -0.05) is 18.2 Å². The summed E-state index contributed by atoms with van der Waals surface area (Å²) in [6.45, 7) is 2.22. The topological polar surface area (TPSA) is 111 Å². The van der Waals surface area contributed by atoms with Crippen molar-refractivity contribution in [1.82, 2.24) is 9.62 Å². The van der Waals surface area contributed by atoms with Gasteiger partial charge in [-0.2, -0.15) is 0 Å². The third-order valence-electron chi connectivity index (χ3n) is 5.33. The lowest BCUT2D eigenvalue weighted by Crippen LogP contribution is -2.56. The van der Waals surface area contributed by atoms with Crippen molar-refractivity contribution < 1.29 is 35.9 Å². The van der Waals surface area contributed by atoms with E-state index >= 15 is 0 Å². The highest BCUT2D eigenvalue weighted by atomic mass is 32.2. The molecule has 2 aromatic rings. The highest BCUT2D eigenvalue weighted by Crippen LogP contribution is 2.28. The Morgan fingerprint density at radius 2 is 1.81 bits per heavy atom. The van der Waals surface area contributed by atoms with Gasteiger partial charge in [0.25, 0.3) is 16.5 Å². The summed E-state index contributed by atoms with van der Waals surface area (Å²) in [6.07, 6.45) is 2.98. The molecule has 2 heterocycles. The van der Waals surface area contributed by atoms with E-state index < -0.39 is 38.0 Å². The number of hydrogen-bond donors (Lipinski definition) is 3. The Labute approximate surface area is 205 Å². The number of anilines is 1. The Morgan fingerprint density at radius 3 is 2.36 bits per heavy atom. The van der Waals surface area contributed by atoms with Crippen molar-refractivity contribution in [3.8, 4) is 0 Å². The van der Waals surface area contributed by atoms with Gasteiger partial charge >= 0.3 is 0 Å². The second-order valence-corrected chi connectivity index (χ2v) is 10.0. The Hall–Kier alpha value is -3.45. The van der Waals surface area contributed by atoms with E-state index in [0.29, 0.717) is 12.1 Å². The summed E-state index contributed by atoms with van der Waals surface area (Å²) in [6, 6.07) is 6.16. The molecule has 8 nitrogen and oxygen atoms in total. The number of benzene rings is 2. The van der Waals surface area contributed by atoms with E-state index in [9.17, 15) is 26.0 Å². The molecule has 0 spiro atoms. The number of nitrogens with zero attached hydrogens (tertiary/aromatic N) is 2. The molecule has 0 aromatic heterocycles. The van der Waals surface area contributed by atoms with Gasteiger partial charge in [0.1, 0.15) is 29.0 Å². The number of amidine groups is 1. The van der Waals surface area contributed by atoms with Gasteiger partial charge in [0.2, 0.25) is 0 Å². The number of rotatable bonds is 7.